The van der Waals surface area contributed by atoms with Gasteiger partial charge in [-0.2, -0.15) is 0 Å². The second kappa shape index (κ2) is 14.7. The maximum Gasteiger partial charge on any atom is 0.307 e. The zero-order valence-electron chi connectivity index (χ0n) is 18.7. The number of aliphatic carboxylic acids is 1. The van der Waals surface area contributed by atoms with E-state index >= 15 is 0 Å². The molecule has 0 aliphatic carbocycles. The molecule has 0 saturated heterocycles. The molecule has 0 fully saturated rings. The van der Waals surface area contributed by atoms with Gasteiger partial charge in [-0.15, -0.1) is 0 Å². The summed E-state index contributed by atoms with van der Waals surface area (Å²) in [4.78, 5) is 23.4. The van der Waals surface area contributed by atoms with Crippen molar-refractivity contribution in [2.45, 2.75) is 96.0 Å². The summed E-state index contributed by atoms with van der Waals surface area (Å²) >= 11 is 0. The second-order valence-electron chi connectivity index (χ2n) is 9.14. The zero-order chi connectivity index (χ0) is 21.5. The van der Waals surface area contributed by atoms with Crippen molar-refractivity contribution in [2.24, 2.45) is 0 Å². The molecular formula is C23H44NO4+. The van der Waals surface area contributed by atoms with Crippen LogP contribution in [0.5, 0.6) is 0 Å². The van der Waals surface area contributed by atoms with Crippen LogP contribution in [0.1, 0.15) is 90.4 Å². The van der Waals surface area contributed by atoms with Gasteiger partial charge in [0.05, 0.1) is 27.6 Å². The Kier molecular flexibility index (Phi) is 14.1. The molecule has 0 amide bonds. The molecule has 0 aromatic carbocycles. The lowest BCUT2D eigenvalue weighted by Crippen LogP contribution is -2.54. The number of likely N-dealkylation sites (N-methyl/N-ethyl adjacent to an activating group) is 1. The van der Waals surface area contributed by atoms with Crippen LogP contribution in [0.3, 0.4) is 0 Å². The van der Waals surface area contributed by atoms with Crippen molar-refractivity contribution in [1.29, 1.82) is 0 Å². The van der Waals surface area contributed by atoms with Crippen molar-refractivity contribution in [3.63, 3.8) is 0 Å². The molecule has 0 bridgehead atoms. The van der Waals surface area contributed by atoms with Gasteiger partial charge in [-0.25, -0.2) is 0 Å². The molecule has 0 rings (SSSR count). The molecule has 1 atom stereocenters. The standard InChI is InChI=1S/C23H43NO4/c1-5-6-7-8-9-10-11-12-13-14-15-16-17-18-21(25)23(28,19-22(26)27)20-24(2,3)4/h17-18,28H,5-16,19-20H2,1-4H3/p+1. The minimum absolute atomic E-state index is 0.0704. The summed E-state index contributed by atoms with van der Waals surface area (Å²) < 4.78 is 0.321. The van der Waals surface area contributed by atoms with E-state index in [0.717, 1.165) is 19.3 Å². The van der Waals surface area contributed by atoms with Crippen LogP contribution in [-0.2, 0) is 9.59 Å². The van der Waals surface area contributed by atoms with Crippen LogP contribution in [0.15, 0.2) is 12.2 Å². The van der Waals surface area contributed by atoms with Crippen LogP contribution in [0.25, 0.3) is 0 Å². The number of aliphatic hydroxyl groups is 1. The number of allylic oxidation sites excluding steroid dienone is 1. The van der Waals surface area contributed by atoms with E-state index in [2.05, 4.69) is 6.92 Å². The minimum atomic E-state index is -1.85. The van der Waals surface area contributed by atoms with Crippen LogP contribution in [0.2, 0.25) is 0 Å². The summed E-state index contributed by atoms with van der Waals surface area (Å²) in [6.45, 7) is 2.31. The molecule has 0 heterocycles. The summed E-state index contributed by atoms with van der Waals surface area (Å²) in [5, 5.41) is 19.6. The summed E-state index contributed by atoms with van der Waals surface area (Å²) in [7, 11) is 5.49. The number of rotatable bonds is 18. The number of carboxylic acid groups (broad SMARTS) is 1. The molecule has 5 heteroatoms. The smallest absolute Gasteiger partial charge is 0.307 e. The maximum atomic E-state index is 12.4. The topological polar surface area (TPSA) is 74.6 Å². The van der Waals surface area contributed by atoms with Crippen molar-refractivity contribution < 1.29 is 24.3 Å². The summed E-state index contributed by atoms with van der Waals surface area (Å²) in [6.07, 6.45) is 17.4. The Morgan fingerprint density at radius 1 is 0.857 bits per heavy atom. The van der Waals surface area contributed by atoms with E-state index in [1.54, 1.807) is 6.08 Å². The van der Waals surface area contributed by atoms with Crippen molar-refractivity contribution >= 4 is 11.8 Å². The molecule has 0 aromatic rings. The molecular weight excluding hydrogens is 354 g/mol. The summed E-state index contributed by atoms with van der Waals surface area (Å²) in [5.74, 6) is -1.67. The van der Waals surface area contributed by atoms with Gasteiger partial charge >= 0.3 is 5.97 Å². The molecule has 0 spiro atoms. The maximum absolute atomic E-state index is 12.4. The SMILES string of the molecule is CCCCCCCCCCCCCC=CC(=O)C(O)(CC(=O)O)C[N+](C)(C)C. The van der Waals surface area contributed by atoms with E-state index in [1.807, 2.05) is 21.1 Å². The number of carboxylic acids is 1. The Bertz CT molecular complexity index is 468. The first-order valence-electron chi connectivity index (χ1n) is 11.1. The first-order valence-corrected chi connectivity index (χ1v) is 11.1. The molecule has 0 saturated carbocycles. The number of carbonyl (C=O) groups is 2. The Morgan fingerprint density at radius 2 is 1.32 bits per heavy atom. The van der Waals surface area contributed by atoms with E-state index in [1.165, 1.54) is 63.9 Å². The first-order chi connectivity index (χ1) is 13.1. The lowest BCUT2D eigenvalue weighted by molar-refractivity contribution is -0.875. The molecule has 0 aliphatic heterocycles. The lowest BCUT2D eigenvalue weighted by Gasteiger charge is -2.33. The molecule has 2 N–H and O–H groups in total. The number of hydrogen-bond donors (Lipinski definition) is 2. The third kappa shape index (κ3) is 14.8. The van der Waals surface area contributed by atoms with Crippen LogP contribution in [-0.4, -0.2) is 59.7 Å². The van der Waals surface area contributed by atoms with E-state index in [-0.39, 0.29) is 6.54 Å². The highest BCUT2D eigenvalue weighted by Crippen LogP contribution is 2.17. The fourth-order valence-corrected chi connectivity index (χ4v) is 3.53. The number of ketones is 1. The van der Waals surface area contributed by atoms with Gasteiger partial charge < -0.3 is 14.7 Å². The van der Waals surface area contributed by atoms with Crippen molar-refractivity contribution in [3.8, 4) is 0 Å². The van der Waals surface area contributed by atoms with Crippen LogP contribution in [0.4, 0.5) is 0 Å². The van der Waals surface area contributed by atoms with Crippen molar-refractivity contribution in [3.05, 3.63) is 12.2 Å². The van der Waals surface area contributed by atoms with Crippen LogP contribution < -0.4 is 0 Å². The normalized spacial score (nSPS) is 14.3. The van der Waals surface area contributed by atoms with E-state index in [4.69, 9.17) is 5.11 Å². The Hall–Kier alpha value is -1.20. The third-order valence-electron chi connectivity index (χ3n) is 4.88. The van der Waals surface area contributed by atoms with Gasteiger partial charge in [-0.05, 0) is 18.9 Å². The molecule has 28 heavy (non-hydrogen) atoms. The van der Waals surface area contributed by atoms with Gasteiger partial charge in [0.2, 0.25) is 0 Å². The Balaban J connectivity index is 4.00. The zero-order valence-corrected chi connectivity index (χ0v) is 18.7. The fraction of sp³-hybridized carbons (Fsp3) is 0.826. The fourth-order valence-electron chi connectivity index (χ4n) is 3.53. The lowest BCUT2D eigenvalue weighted by atomic mass is 9.92. The predicted octanol–water partition coefficient (Wildman–Crippen LogP) is 4.72. The molecule has 5 nitrogen and oxygen atoms in total. The molecule has 0 radical (unpaired) electrons. The quantitative estimate of drug-likeness (QED) is 0.199. The van der Waals surface area contributed by atoms with Gasteiger partial charge in [0, 0.05) is 0 Å². The van der Waals surface area contributed by atoms with Crippen molar-refractivity contribution in [1.82, 2.24) is 0 Å². The third-order valence-corrected chi connectivity index (χ3v) is 4.88. The summed E-state index contributed by atoms with van der Waals surface area (Å²) in [6, 6.07) is 0. The number of carbonyl (C=O) groups excluding carboxylic acids is 1. The largest absolute Gasteiger partial charge is 0.481 e. The highest BCUT2D eigenvalue weighted by Gasteiger charge is 2.41. The molecule has 0 aromatic heterocycles. The number of nitrogens with zero attached hydrogens (tertiary/aromatic N) is 1. The average molecular weight is 399 g/mol. The second-order valence-corrected chi connectivity index (χ2v) is 9.14. The molecule has 0 aliphatic rings. The van der Waals surface area contributed by atoms with Crippen LogP contribution >= 0.6 is 0 Å². The van der Waals surface area contributed by atoms with Gasteiger partial charge in [-0.1, -0.05) is 77.2 Å². The predicted molar refractivity (Wildman–Crippen MR) is 115 cm³/mol. The van der Waals surface area contributed by atoms with Gasteiger partial charge in [0.15, 0.2) is 11.4 Å². The van der Waals surface area contributed by atoms with E-state index < -0.39 is 23.8 Å². The van der Waals surface area contributed by atoms with E-state index in [9.17, 15) is 14.7 Å². The number of hydrogen-bond acceptors (Lipinski definition) is 3. The average Bonchev–Trinajstić information content (AvgIpc) is 2.56. The van der Waals surface area contributed by atoms with Crippen LogP contribution in [0, 0.1) is 0 Å². The summed E-state index contributed by atoms with van der Waals surface area (Å²) in [5.41, 5.74) is -1.85. The highest BCUT2D eigenvalue weighted by molar-refractivity contribution is 5.99. The van der Waals surface area contributed by atoms with Gasteiger partial charge in [-0.3, -0.25) is 9.59 Å². The highest BCUT2D eigenvalue weighted by atomic mass is 16.4. The van der Waals surface area contributed by atoms with Gasteiger partial charge in [0.1, 0.15) is 6.54 Å². The molecule has 1 unspecified atom stereocenters. The van der Waals surface area contributed by atoms with Gasteiger partial charge in [0.25, 0.3) is 0 Å². The van der Waals surface area contributed by atoms with E-state index in [0.29, 0.717) is 4.48 Å². The number of unbranched alkanes of at least 4 members (excludes halogenated alkanes) is 11. The molecule has 164 valence electrons. The first kappa shape index (κ1) is 26.8. The van der Waals surface area contributed by atoms with Crippen molar-refractivity contribution in [2.75, 3.05) is 27.7 Å². The Morgan fingerprint density at radius 3 is 1.75 bits per heavy atom. The monoisotopic (exact) mass is 398 g/mol. The number of quaternary nitrogens is 1. The minimum Gasteiger partial charge on any atom is -0.481 e. The Labute approximate surface area is 172 Å².